The van der Waals surface area contributed by atoms with Crippen LogP contribution in [0.1, 0.15) is 51.0 Å². The van der Waals surface area contributed by atoms with Crippen molar-refractivity contribution in [3.05, 3.63) is 41.5 Å². The zero-order chi connectivity index (χ0) is 31.7. The lowest BCUT2D eigenvalue weighted by Crippen LogP contribution is -2.55. The minimum atomic E-state index is -5.08. The van der Waals surface area contributed by atoms with Crippen molar-refractivity contribution in [2.75, 3.05) is 26.2 Å². The number of carboxylic acids is 2. The standard InChI is InChI=1S/C24H36N2O2.2C2HF3O2.2ClH/c1-2-19(12-18-6-4-3-5-7-18)22-13-23(22)25-20-14-24(15-20)8-10-26(11-9-24)16-21(28)17-27;2*3-2(4,5)1(6)7;;/h3-7,12,20-23,25,27-28H,2,8-11,13-17H2,1H3;2*(H,6,7);2*1H/b19-12+;;;;/t21?,22-,23+;;;;/m1..../s1. The molecule has 3 aliphatic rings. The van der Waals surface area contributed by atoms with Gasteiger partial charge in [-0.2, -0.15) is 26.3 Å². The Hall–Kier alpha value is -2.10. The van der Waals surface area contributed by atoms with Gasteiger partial charge in [0.25, 0.3) is 0 Å². The van der Waals surface area contributed by atoms with Crippen molar-refractivity contribution < 1.29 is 56.4 Å². The summed E-state index contributed by atoms with van der Waals surface area (Å²) in [6, 6.07) is 12.1. The summed E-state index contributed by atoms with van der Waals surface area (Å²) in [6.45, 7) is 4.90. The highest BCUT2D eigenvalue weighted by Gasteiger charge is 2.49. The van der Waals surface area contributed by atoms with Gasteiger partial charge in [-0.25, -0.2) is 9.59 Å². The molecule has 2 saturated carbocycles. The number of β-amino-alcohol motifs (C(OH)–C–C–N with tert-alkyl or cyclic N) is 1. The highest BCUT2D eigenvalue weighted by atomic mass is 35.5. The topological polar surface area (TPSA) is 130 Å². The van der Waals surface area contributed by atoms with Crippen molar-refractivity contribution in [3.63, 3.8) is 0 Å². The Kier molecular flexibility index (Phi) is 17.3. The Morgan fingerprint density at radius 3 is 1.89 bits per heavy atom. The largest absolute Gasteiger partial charge is 0.490 e. The van der Waals surface area contributed by atoms with E-state index in [0.717, 1.165) is 25.4 Å². The smallest absolute Gasteiger partial charge is 0.475 e. The zero-order valence-corrected chi connectivity index (χ0v) is 25.6. The van der Waals surface area contributed by atoms with Crippen molar-refractivity contribution in [3.8, 4) is 0 Å². The molecule has 1 heterocycles. The first kappa shape index (κ1) is 41.9. The number of hydrogen-bond donors (Lipinski definition) is 5. The van der Waals surface area contributed by atoms with E-state index >= 15 is 0 Å². The summed E-state index contributed by atoms with van der Waals surface area (Å²) in [5.41, 5.74) is 3.45. The molecular formula is C28H40Cl2F6N2O6. The summed E-state index contributed by atoms with van der Waals surface area (Å²) in [7, 11) is 0. The first-order valence-corrected chi connectivity index (χ1v) is 13.6. The quantitative estimate of drug-likeness (QED) is 0.237. The van der Waals surface area contributed by atoms with Crippen molar-refractivity contribution in [1.82, 2.24) is 10.2 Å². The Morgan fingerprint density at radius 2 is 1.48 bits per heavy atom. The molecule has 44 heavy (non-hydrogen) atoms. The molecule has 254 valence electrons. The normalized spacial score (nSPS) is 22.0. The fourth-order valence-electron chi connectivity index (χ4n) is 5.40. The first-order valence-electron chi connectivity index (χ1n) is 13.6. The van der Waals surface area contributed by atoms with Gasteiger partial charge in [0, 0.05) is 18.6 Å². The van der Waals surface area contributed by atoms with Crippen LogP contribution >= 0.6 is 24.8 Å². The summed E-state index contributed by atoms with van der Waals surface area (Å²) in [5, 5.41) is 36.8. The average molecular weight is 686 g/mol. The van der Waals surface area contributed by atoms with Crippen LogP contribution in [0, 0.1) is 11.3 Å². The fraction of sp³-hybridized carbons (Fsp3) is 0.643. The number of carbonyl (C=O) groups is 2. The number of rotatable bonds is 8. The number of piperidine rings is 1. The molecule has 2 aliphatic carbocycles. The first-order chi connectivity index (χ1) is 19.5. The Labute approximate surface area is 264 Å². The number of aliphatic hydroxyl groups excluding tert-OH is 2. The predicted octanol–water partition coefficient (Wildman–Crippen LogP) is 5.17. The van der Waals surface area contributed by atoms with Gasteiger partial charge in [0.1, 0.15) is 0 Å². The molecule has 3 fully saturated rings. The highest BCUT2D eigenvalue weighted by molar-refractivity contribution is 5.85. The molecule has 1 unspecified atom stereocenters. The van der Waals surface area contributed by atoms with Crippen LogP contribution in [-0.2, 0) is 9.59 Å². The van der Waals surface area contributed by atoms with Gasteiger partial charge >= 0.3 is 24.3 Å². The third-order valence-corrected chi connectivity index (χ3v) is 7.72. The lowest BCUT2D eigenvalue weighted by Gasteiger charge is -2.53. The lowest BCUT2D eigenvalue weighted by molar-refractivity contribution is -0.193. The maximum absolute atomic E-state index is 10.6. The van der Waals surface area contributed by atoms with Gasteiger partial charge in [0.2, 0.25) is 0 Å². The van der Waals surface area contributed by atoms with Crippen molar-refractivity contribution in [1.29, 1.82) is 0 Å². The second kappa shape index (κ2) is 18.1. The van der Waals surface area contributed by atoms with Gasteiger partial charge in [-0.05, 0) is 68.5 Å². The molecule has 3 atom stereocenters. The molecule has 8 nitrogen and oxygen atoms in total. The van der Waals surface area contributed by atoms with E-state index in [-0.39, 0.29) is 31.4 Å². The van der Waals surface area contributed by atoms with Crippen LogP contribution in [0.2, 0.25) is 0 Å². The van der Waals surface area contributed by atoms with E-state index in [1.807, 2.05) is 0 Å². The van der Waals surface area contributed by atoms with Crippen LogP contribution in [-0.4, -0.2) is 94.0 Å². The summed E-state index contributed by atoms with van der Waals surface area (Å²) in [6.07, 6.45) is -0.812. The lowest BCUT2D eigenvalue weighted by atomic mass is 9.60. The van der Waals surface area contributed by atoms with Crippen molar-refractivity contribution >= 4 is 42.8 Å². The SMILES string of the molecule is CC/C(=C\c1ccccc1)[C@H]1C[C@@H]1NC1CC2(CCN(CC(O)CO)CC2)C1.Cl.Cl.O=C(O)C(F)(F)F.O=C(O)C(F)(F)F. The van der Waals surface area contributed by atoms with Crippen molar-refractivity contribution in [2.24, 2.45) is 11.3 Å². The maximum Gasteiger partial charge on any atom is 0.490 e. The number of aliphatic carboxylic acids is 2. The summed E-state index contributed by atoms with van der Waals surface area (Å²) < 4.78 is 63.5. The molecule has 0 bridgehead atoms. The minimum Gasteiger partial charge on any atom is -0.475 e. The number of hydrogen-bond acceptors (Lipinski definition) is 6. The van der Waals surface area contributed by atoms with Gasteiger partial charge in [0.05, 0.1) is 12.7 Å². The van der Waals surface area contributed by atoms with Crippen molar-refractivity contribution in [2.45, 2.75) is 76.0 Å². The number of likely N-dealkylation sites (tertiary alicyclic amines) is 1. The van der Waals surface area contributed by atoms with E-state index in [0.29, 0.717) is 24.0 Å². The van der Waals surface area contributed by atoms with Crippen LogP contribution < -0.4 is 5.32 Å². The van der Waals surface area contributed by atoms with E-state index in [4.69, 9.17) is 24.9 Å². The number of halogens is 8. The molecule has 1 saturated heterocycles. The van der Waals surface area contributed by atoms with Gasteiger partial charge < -0.3 is 30.6 Å². The zero-order valence-electron chi connectivity index (χ0n) is 24.0. The number of nitrogens with zero attached hydrogens (tertiary/aromatic N) is 1. The third-order valence-electron chi connectivity index (χ3n) is 7.72. The van der Waals surface area contributed by atoms with Gasteiger partial charge in [-0.3, -0.25) is 0 Å². The predicted molar refractivity (Wildman–Crippen MR) is 156 cm³/mol. The summed E-state index contributed by atoms with van der Waals surface area (Å²) >= 11 is 0. The van der Waals surface area contributed by atoms with E-state index in [2.05, 4.69) is 53.5 Å². The molecule has 4 rings (SSSR count). The average Bonchev–Trinajstić information content (AvgIpc) is 3.66. The Balaban J connectivity index is 0.000000973. The van der Waals surface area contributed by atoms with Gasteiger partial charge in [-0.1, -0.05) is 48.9 Å². The molecule has 16 heteroatoms. The number of aliphatic hydroxyl groups is 2. The molecule has 0 aromatic heterocycles. The number of nitrogens with one attached hydrogen (secondary N) is 1. The number of benzene rings is 1. The van der Waals surface area contributed by atoms with Gasteiger partial charge in [0.15, 0.2) is 0 Å². The molecule has 5 N–H and O–H groups in total. The Bertz CT molecular complexity index is 1020. The second-order valence-corrected chi connectivity index (χ2v) is 10.9. The molecule has 1 aromatic rings. The number of alkyl halides is 6. The van der Waals surface area contributed by atoms with Crippen LogP contribution in [0.5, 0.6) is 0 Å². The second-order valence-electron chi connectivity index (χ2n) is 10.9. The fourth-order valence-corrected chi connectivity index (χ4v) is 5.40. The van der Waals surface area contributed by atoms with E-state index in [1.165, 1.54) is 37.7 Å². The maximum atomic E-state index is 10.6. The minimum absolute atomic E-state index is 0. The number of carboxylic acid groups (broad SMARTS) is 2. The molecule has 1 aromatic carbocycles. The van der Waals surface area contributed by atoms with Gasteiger partial charge in [-0.15, -0.1) is 24.8 Å². The van der Waals surface area contributed by atoms with E-state index in [1.54, 1.807) is 5.57 Å². The highest BCUT2D eigenvalue weighted by Crippen LogP contribution is 2.51. The summed E-state index contributed by atoms with van der Waals surface area (Å²) in [5.74, 6) is -4.79. The molecule has 0 radical (unpaired) electrons. The Morgan fingerprint density at radius 1 is 1.00 bits per heavy atom. The molecule has 0 amide bonds. The monoisotopic (exact) mass is 684 g/mol. The molecule has 1 aliphatic heterocycles. The van der Waals surface area contributed by atoms with E-state index in [9.17, 15) is 31.4 Å². The van der Waals surface area contributed by atoms with Crippen LogP contribution in [0.25, 0.3) is 6.08 Å². The van der Waals surface area contributed by atoms with Crippen LogP contribution in [0.15, 0.2) is 35.9 Å². The van der Waals surface area contributed by atoms with E-state index < -0.39 is 30.4 Å². The third kappa shape index (κ3) is 13.9. The molecule has 1 spiro atoms. The summed E-state index contributed by atoms with van der Waals surface area (Å²) in [4.78, 5) is 20.1. The van der Waals surface area contributed by atoms with Crippen LogP contribution in [0.3, 0.4) is 0 Å². The van der Waals surface area contributed by atoms with Crippen LogP contribution in [0.4, 0.5) is 26.3 Å². The molecular weight excluding hydrogens is 645 g/mol.